The van der Waals surface area contributed by atoms with Crippen LogP contribution in [0.2, 0.25) is 0 Å². The summed E-state index contributed by atoms with van der Waals surface area (Å²) in [6.45, 7) is 1.84. The summed E-state index contributed by atoms with van der Waals surface area (Å²) in [5, 5.41) is 11.5. The van der Waals surface area contributed by atoms with Crippen molar-refractivity contribution in [3.8, 4) is 0 Å². The van der Waals surface area contributed by atoms with Crippen molar-refractivity contribution in [3.63, 3.8) is 0 Å². The van der Waals surface area contributed by atoms with Crippen LogP contribution in [0.3, 0.4) is 0 Å². The molecule has 0 atom stereocenters. The molecule has 0 aliphatic carbocycles. The van der Waals surface area contributed by atoms with Gasteiger partial charge in [0.05, 0.1) is 18.0 Å². The first-order valence-corrected chi connectivity index (χ1v) is 4.49. The minimum Gasteiger partial charge on any atom is -0.287 e. The van der Waals surface area contributed by atoms with E-state index < -0.39 is 0 Å². The molecule has 6 heteroatoms. The van der Waals surface area contributed by atoms with Gasteiger partial charge in [-0.1, -0.05) is 5.21 Å². The Morgan fingerprint density at radius 1 is 1.40 bits per heavy atom. The molecule has 15 heavy (non-hydrogen) atoms. The maximum absolute atomic E-state index is 11.9. The van der Waals surface area contributed by atoms with Gasteiger partial charge in [-0.3, -0.25) is 14.2 Å². The lowest BCUT2D eigenvalue weighted by Gasteiger charge is -1.96. The fraction of sp³-hybridized carbons (Fsp3) is 0.333. The van der Waals surface area contributed by atoms with Crippen LogP contribution in [0.5, 0.6) is 0 Å². The van der Waals surface area contributed by atoms with Crippen LogP contribution >= 0.6 is 0 Å². The lowest BCUT2D eigenvalue weighted by Crippen LogP contribution is -2.04. The van der Waals surface area contributed by atoms with E-state index in [0.29, 0.717) is 11.3 Å². The van der Waals surface area contributed by atoms with Crippen LogP contribution in [-0.2, 0) is 14.1 Å². The van der Waals surface area contributed by atoms with Crippen LogP contribution in [0, 0.1) is 6.92 Å². The summed E-state index contributed by atoms with van der Waals surface area (Å²) < 4.78 is 3.16. The summed E-state index contributed by atoms with van der Waals surface area (Å²) in [7, 11) is 3.52. The highest BCUT2D eigenvalue weighted by Gasteiger charge is 2.17. The average molecular weight is 205 g/mol. The Kier molecular flexibility index (Phi) is 2.11. The van der Waals surface area contributed by atoms with Crippen molar-refractivity contribution in [1.82, 2.24) is 24.8 Å². The lowest BCUT2D eigenvalue weighted by molar-refractivity contribution is 0.103. The Bertz CT molecular complexity index is 510. The molecule has 0 aromatic carbocycles. The molecule has 2 rings (SSSR count). The molecule has 0 unspecified atom stereocenters. The molecule has 0 bridgehead atoms. The highest BCUT2D eigenvalue weighted by molar-refractivity contribution is 6.08. The van der Waals surface area contributed by atoms with E-state index in [0.717, 1.165) is 5.69 Å². The first kappa shape index (κ1) is 9.57. The zero-order chi connectivity index (χ0) is 11.0. The average Bonchev–Trinajstić information content (AvgIpc) is 2.75. The fourth-order valence-electron chi connectivity index (χ4n) is 1.31. The maximum Gasteiger partial charge on any atom is 0.218 e. The quantitative estimate of drug-likeness (QED) is 0.651. The number of ketones is 1. The molecule has 0 saturated heterocycles. The van der Waals surface area contributed by atoms with Gasteiger partial charge in [0.25, 0.3) is 0 Å². The molecule has 0 N–H and O–H groups in total. The van der Waals surface area contributed by atoms with Crippen molar-refractivity contribution in [1.29, 1.82) is 0 Å². The van der Waals surface area contributed by atoms with Gasteiger partial charge in [0.2, 0.25) is 5.78 Å². The van der Waals surface area contributed by atoms with Crippen molar-refractivity contribution in [2.75, 3.05) is 0 Å². The third kappa shape index (κ3) is 1.54. The number of rotatable bonds is 2. The second kappa shape index (κ2) is 3.30. The van der Waals surface area contributed by atoms with Gasteiger partial charge in [-0.15, -0.1) is 5.10 Å². The Hall–Kier alpha value is -1.98. The maximum atomic E-state index is 11.9. The minimum atomic E-state index is -0.145. The van der Waals surface area contributed by atoms with Gasteiger partial charge >= 0.3 is 0 Å². The number of nitrogens with zero attached hydrogens (tertiary/aromatic N) is 5. The number of hydrogen-bond acceptors (Lipinski definition) is 4. The molecule has 0 radical (unpaired) electrons. The van der Waals surface area contributed by atoms with E-state index in [1.165, 1.54) is 4.68 Å². The summed E-state index contributed by atoms with van der Waals surface area (Å²) in [5.41, 5.74) is 1.73. The van der Waals surface area contributed by atoms with E-state index in [1.807, 2.05) is 6.92 Å². The zero-order valence-electron chi connectivity index (χ0n) is 8.80. The molecule has 0 amide bonds. The summed E-state index contributed by atoms with van der Waals surface area (Å²) in [4.78, 5) is 11.9. The molecule has 0 saturated carbocycles. The number of aromatic nitrogens is 5. The van der Waals surface area contributed by atoms with Crippen LogP contribution < -0.4 is 0 Å². The second-order valence-corrected chi connectivity index (χ2v) is 3.37. The third-order valence-electron chi connectivity index (χ3n) is 2.32. The SMILES string of the molecule is Cc1c(C(=O)c2cn(C)nn2)cnn1C. The highest BCUT2D eigenvalue weighted by atomic mass is 16.1. The van der Waals surface area contributed by atoms with E-state index in [1.54, 1.807) is 31.2 Å². The smallest absolute Gasteiger partial charge is 0.218 e. The Balaban J connectivity index is 2.41. The molecule has 2 aromatic rings. The standard InChI is InChI=1S/C9H11N5O/c1-6-7(4-10-14(6)3)9(15)8-5-13(2)12-11-8/h4-5H,1-3H3. The first-order chi connectivity index (χ1) is 7.09. The lowest BCUT2D eigenvalue weighted by atomic mass is 10.1. The Labute approximate surface area is 86.5 Å². The molecule has 6 nitrogen and oxygen atoms in total. The number of aryl methyl sites for hydroxylation is 2. The van der Waals surface area contributed by atoms with Crippen LogP contribution in [0.4, 0.5) is 0 Å². The molecule has 78 valence electrons. The van der Waals surface area contributed by atoms with Gasteiger partial charge in [0.15, 0.2) is 5.69 Å². The predicted molar refractivity (Wildman–Crippen MR) is 52.4 cm³/mol. The summed E-state index contributed by atoms with van der Waals surface area (Å²) in [6, 6.07) is 0. The second-order valence-electron chi connectivity index (χ2n) is 3.37. The van der Waals surface area contributed by atoms with Crippen molar-refractivity contribution in [3.05, 3.63) is 29.3 Å². The largest absolute Gasteiger partial charge is 0.287 e. The molecule has 0 aliphatic rings. The monoisotopic (exact) mass is 205 g/mol. The minimum absolute atomic E-state index is 0.145. The summed E-state index contributed by atoms with van der Waals surface area (Å²) in [5.74, 6) is -0.145. The Morgan fingerprint density at radius 2 is 2.13 bits per heavy atom. The summed E-state index contributed by atoms with van der Waals surface area (Å²) in [6.07, 6.45) is 3.14. The van der Waals surface area contributed by atoms with Gasteiger partial charge < -0.3 is 0 Å². The molecular weight excluding hydrogens is 194 g/mol. The van der Waals surface area contributed by atoms with Gasteiger partial charge in [-0.05, 0) is 6.92 Å². The van der Waals surface area contributed by atoms with Crippen LogP contribution in [0.1, 0.15) is 21.7 Å². The van der Waals surface area contributed by atoms with E-state index >= 15 is 0 Å². The summed E-state index contributed by atoms with van der Waals surface area (Å²) >= 11 is 0. The van der Waals surface area contributed by atoms with Crippen molar-refractivity contribution in [2.45, 2.75) is 6.92 Å². The van der Waals surface area contributed by atoms with Crippen molar-refractivity contribution >= 4 is 5.78 Å². The third-order valence-corrected chi connectivity index (χ3v) is 2.32. The van der Waals surface area contributed by atoms with Gasteiger partial charge in [-0.2, -0.15) is 5.10 Å². The Morgan fingerprint density at radius 3 is 2.60 bits per heavy atom. The van der Waals surface area contributed by atoms with E-state index in [4.69, 9.17) is 0 Å². The molecule has 2 aromatic heterocycles. The number of hydrogen-bond donors (Lipinski definition) is 0. The number of carbonyl (C=O) groups is 1. The van der Waals surface area contributed by atoms with Crippen LogP contribution in [0.25, 0.3) is 0 Å². The van der Waals surface area contributed by atoms with Crippen LogP contribution in [0.15, 0.2) is 12.4 Å². The number of carbonyl (C=O) groups excluding carboxylic acids is 1. The molecular formula is C9H11N5O. The van der Waals surface area contributed by atoms with Crippen molar-refractivity contribution in [2.24, 2.45) is 14.1 Å². The predicted octanol–water partition coefficient (Wildman–Crippen LogP) is 0.0880. The highest BCUT2D eigenvalue weighted by Crippen LogP contribution is 2.10. The normalized spacial score (nSPS) is 10.6. The van der Waals surface area contributed by atoms with Gasteiger partial charge in [-0.25, -0.2) is 0 Å². The van der Waals surface area contributed by atoms with E-state index in [9.17, 15) is 4.79 Å². The van der Waals surface area contributed by atoms with Crippen molar-refractivity contribution < 1.29 is 4.79 Å². The van der Waals surface area contributed by atoms with Gasteiger partial charge in [0.1, 0.15) is 0 Å². The van der Waals surface area contributed by atoms with E-state index in [2.05, 4.69) is 15.4 Å². The van der Waals surface area contributed by atoms with Crippen LogP contribution in [-0.4, -0.2) is 30.6 Å². The molecule has 2 heterocycles. The molecule has 0 spiro atoms. The van der Waals surface area contributed by atoms with Gasteiger partial charge in [0, 0.05) is 19.8 Å². The van der Waals surface area contributed by atoms with E-state index in [-0.39, 0.29) is 5.78 Å². The molecule has 0 aliphatic heterocycles. The first-order valence-electron chi connectivity index (χ1n) is 4.49. The zero-order valence-corrected chi connectivity index (χ0v) is 8.80. The molecule has 0 fully saturated rings. The topological polar surface area (TPSA) is 65.6 Å². The fourth-order valence-corrected chi connectivity index (χ4v) is 1.31.